The lowest BCUT2D eigenvalue weighted by Gasteiger charge is -2.06. The van der Waals surface area contributed by atoms with E-state index in [0.717, 1.165) is 43.5 Å². The second kappa shape index (κ2) is 11.0. The van der Waals surface area contributed by atoms with E-state index in [1.807, 2.05) is 60.7 Å². The molecule has 0 aliphatic heterocycles. The number of rotatable bonds is 10. The molecule has 4 nitrogen and oxygen atoms in total. The van der Waals surface area contributed by atoms with E-state index < -0.39 is 0 Å². The van der Waals surface area contributed by atoms with Crippen LogP contribution in [0.15, 0.2) is 60.7 Å². The lowest BCUT2D eigenvalue weighted by Crippen LogP contribution is -2.11. The highest BCUT2D eigenvalue weighted by atomic mass is 16.2. The molecule has 0 aliphatic rings. The smallest absolute Gasteiger partial charge is 0.224 e. The molecule has 0 saturated heterocycles. The Morgan fingerprint density at radius 2 is 0.920 bits per heavy atom. The maximum atomic E-state index is 11.8. The number of unbranched alkanes of at least 4 members (excludes halogenated alkanes) is 4. The van der Waals surface area contributed by atoms with Crippen molar-refractivity contribution in [3.8, 4) is 0 Å². The van der Waals surface area contributed by atoms with Crippen LogP contribution < -0.4 is 10.6 Å². The fourth-order valence-electron chi connectivity index (χ4n) is 2.59. The number of carbonyl (C=O) groups is 2. The summed E-state index contributed by atoms with van der Waals surface area (Å²) in [7, 11) is 0. The van der Waals surface area contributed by atoms with Gasteiger partial charge in [0.1, 0.15) is 0 Å². The Kier molecular flexibility index (Phi) is 8.25. The number of amides is 2. The number of benzene rings is 2. The van der Waals surface area contributed by atoms with E-state index in [-0.39, 0.29) is 11.8 Å². The van der Waals surface area contributed by atoms with E-state index in [1.165, 1.54) is 0 Å². The number of hydrogen-bond donors (Lipinski definition) is 2. The fourth-order valence-corrected chi connectivity index (χ4v) is 2.59. The van der Waals surface area contributed by atoms with Crippen molar-refractivity contribution in [1.82, 2.24) is 0 Å². The third kappa shape index (κ3) is 8.15. The number of nitrogens with one attached hydrogen (secondary N) is 2. The number of hydrogen-bond acceptors (Lipinski definition) is 2. The van der Waals surface area contributed by atoms with Crippen LogP contribution in [-0.4, -0.2) is 11.8 Å². The summed E-state index contributed by atoms with van der Waals surface area (Å²) in [6.07, 6.45) is 5.94. The zero-order valence-electron chi connectivity index (χ0n) is 14.5. The van der Waals surface area contributed by atoms with Crippen LogP contribution >= 0.6 is 0 Å². The van der Waals surface area contributed by atoms with Gasteiger partial charge in [0, 0.05) is 24.2 Å². The first-order valence-corrected chi connectivity index (χ1v) is 8.94. The Balaban J connectivity index is 1.46. The average Bonchev–Trinajstić information content (AvgIpc) is 2.62. The van der Waals surface area contributed by atoms with E-state index in [1.54, 1.807) is 0 Å². The molecule has 2 amide bonds. The molecule has 2 N–H and O–H groups in total. The molecule has 0 aromatic heterocycles. The molecule has 2 rings (SSSR count). The van der Waals surface area contributed by atoms with Crippen molar-refractivity contribution in [2.75, 3.05) is 10.6 Å². The summed E-state index contributed by atoms with van der Waals surface area (Å²) in [6.45, 7) is 0. The first-order chi connectivity index (χ1) is 12.2. The van der Waals surface area contributed by atoms with E-state index in [4.69, 9.17) is 0 Å². The van der Waals surface area contributed by atoms with Crippen molar-refractivity contribution in [3.05, 3.63) is 60.7 Å². The van der Waals surface area contributed by atoms with Gasteiger partial charge in [-0.3, -0.25) is 9.59 Å². The first kappa shape index (κ1) is 18.7. The molecule has 2 aromatic carbocycles. The number of para-hydroxylation sites is 2. The molecule has 0 unspecified atom stereocenters. The molecule has 2 aromatic rings. The lowest BCUT2D eigenvalue weighted by molar-refractivity contribution is -0.117. The van der Waals surface area contributed by atoms with Crippen molar-refractivity contribution >= 4 is 23.2 Å². The minimum Gasteiger partial charge on any atom is -0.326 e. The Morgan fingerprint density at radius 1 is 0.560 bits per heavy atom. The predicted molar refractivity (Wildman–Crippen MR) is 102 cm³/mol. The molecule has 0 saturated carbocycles. The molecule has 0 fully saturated rings. The van der Waals surface area contributed by atoms with E-state index >= 15 is 0 Å². The summed E-state index contributed by atoms with van der Waals surface area (Å²) >= 11 is 0. The largest absolute Gasteiger partial charge is 0.326 e. The van der Waals surface area contributed by atoms with Crippen LogP contribution in [0.4, 0.5) is 11.4 Å². The Bertz CT molecular complexity index is 584. The lowest BCUT2D eigenvalue weighted by atomic mass is 10.1. The van der Waals surface area contributed by atoms with Crippen LogP contribution in [0, 0.1) is 0 Å². The Hall–Kier alpha value is -2.62. The van der Waals surface area contributed by atoms with Crippen LogP contribution in [0.3, 0.4) is 0 Å². The number of carbonyl (C=O) groups excluding carboxylic acids is 2. The van der Waals surface area contributed by atoms with Crippen molar-refractivity contribution in [2.45, 2.75) is 44.9 Å². The third-order valence-electron chi connectivity index (χ3n) is 3.92. The van der Waals surface area contributed by atoms with Gasteiger partial charge in [0.15, 0.2) is 0 Å². The molecular formula is C21H26N2O2. The standard InChI is InChI=1S/C21H26N2O2/c24-20(22-18-12-6-4-7-13-18)16-10-2-1-3-11-17-21(25)23-19-14-8-5-9-15-19/h4-9,12-15H,1-3,10-11,16-17H2,(H,22,24)(H,23,25). The highest BCUT2D eigenvalue weighted by Gasteiger charge is 2.03. The molecule has 0 radical (unpaired) electrons. The zero-order valence-corrected chi connectivity index (χ0v) is 14.5. The molecule has 0 heterocycles. The summed E-state index contributed by atoms with van der Waals surface area (Å²) in [5.74, 6) is 0.127. The van der Waals surface area contributed by atoms with Crippen LogP contribution in [0.5, 0.6) is 0 Å². The first-order valence-electron chi connectivity index (χ1n) is 8.94. The van der Waals surface area contributed by atoms with Gasteiger partial charge in [-0.05, 0) is 37.1 Å². The van der Waals surface area contributed by atoms with Crippen molar-refractivity contribution in [1.29, 1.82) is 0 Å². The van der Waals surface area contributed by atoms with Gasteiger partial charge >= 0.3 is 0 Å². The molecule has 0 aliphatic carbocycles. The molecule has 132 valence electrons. The van der Waals surface area contributed by atoms with E-state index in [9.17, 15) is 9.59 Å². The topological polar surface area (TPSA) is 58.2 Å². The molecule has 0 spiro atoms. The fraction of sp³-hybridized carbons (Fsp3) is 0.333. The van der Waals surface area contributed by atoms with Gasteiger partial charge in [-0.1, -0.05) is 55.7 Å². The Morgan fingerprint density at radius 3 is 1.32 bits per heavy atom. The summed E-state index contributed by atoms with van der Waals surface area (Å²) in [4.78, 5) is 23.6. The van der Waals surface area contributed by atoms with Crippen LogP contribution in [0.1, 0.15) is 44.9 Å². The number of anilines is 2. The van der Waals surface area contributed by atoms with Crippen molar-refractivity contribution in [3.63, 3.8) is 0 Å². The molecule has 25 heavy (non-hydrogen) atoms. The summed E-state index contributed by atoms with van der Waals surface area (Å²) < 4.78 is 0. The monoisotopic (exact) mass is 338 g/mol. The maximum Gasteiger partial charge on any atom is 0.224 e. The van der Waals surface area contributed by atoms with Crippen LogP contribution in [-0.2, 0) is 9.59 Å². The van der Waals surface area contributed by atoms with Crippen LogP contribution in [0.25, 0.3) is 0 Å². The average molecular weight is 338 g/mol. The molecule has 4 heteroatoms. The highest BCUT2D eigenvalue weighted by Crippen LogP contribution is 2.11. The highest BCUT2D eigenvalue weighted by molar-refractivity contribution is 5.91. The van der Waals surface area contributed by atoms with Crippen LogP contribution in [0.2, 0.25) is 0 Å². The van der Waals surface area contributed by atoms with Gasteiger partial charge in [0.05, 0.1) is 0 Å². The van der Waals surface area contributed by atoms with Gasteiger partial charge in [0.25, 0.3) is 0 Å². The van der Waals surface area contributed by atoms with Gasteiger partial charge in [-0.2, -0.15) is 0 Å². The SMILES string of the molecule is O=C(CCCCCCCC(=O)Nc1ccccc1)Nc1ccccc1. The molecular weight excluding hydrogens is 312 g/mol. The minimum absolute atomic E-state index is 0.0634. The maximum absolute atomic E-state index is 11.8. The van der Waals surface area contributed by atoms with Gasteiger partial charge in [-0.25, -0.2) is 0 Å². The molecule has 0 atom stereocenters. The van der Waals surface area contributed by atoms with Gasteiger partial charge in [-0.15, -0.1) is 0 Å². The van der Waals surface area contributed by atoms with Gasteiger partial charge in [0.2, 0.25) is 11.8 Å². The van der Waals surface area contributed by atoms with Gasteiger partial charge < -0.3 is 10.6 Å². The predicted octanol–water partition coefficient (Wildman–Crippen LogP) is 4.99. The normalized spacial score (nSPS) is 10.2. The Labute approximate surface area is 149 Å². The van der Waals surface area contributed by atoms with Crippen molar-refractivity contribution in [2.24, 2.45) is 0 Å². The summed E-state index contributed by atoms with van der Waals surface area (Å²) in [5.41, 5.74) is 1.69. The second-order valence-corrected chi connectivity index (χ2v) is 6.10. The van der Waals surface area contributed by atoms with E-state index in [0.29, 0.717) is 12.8 Å². The molecule has 0 bridgehead atoms. The minimum atomic E-state index is 0.0634. The second-order valence-electron chi connectivity index (χ2n) is 6.10. The quantitative estimate of drug-likeness (QED) is 0.599. The van der Waals surface area contributed by atoms with E-state index in [2.05, 4.69) is 10.6 Å². The summed E-state index contributed by atoms with van der Waals surface area (Å²) in [6, 6.07) is 19.0. The summed E-state index contributed by atoms with van der Waals surface area (Å²) in [5, 5.41) is 5.78. The zero-order chi connectivity index (χ0) is 17.7. The van der Waals surface area contributed by atoms with Crippen molar-refractivity contribution < 1.29 is 9.59 Å². The third-order valence-corrected chi connectivity index (χ3v) is 3.92.